The molecule has 0 saturated carbocycles. The van der Waals surface area contributed by atoms with E-state index in [2.05, 4.69) is 446 Å². The van der Waals surface area contributed by atoms with Crippen molar-refractivity contribution >= 4 is 118 Å². The molecule has 3 unspecified atom stereocenters. The van der Waals surface area contributed by atoms with Gasteiger partial charge in [0.1, 0.15) is 18.3 Å². The Morgan fingerprint density at radius 3 is 0.754 bits per heavy atom. The predicted octanol–water partition coefficient (Wildman–Crippen LogP) is 22.7. The molecule has 3 radical (unpaired) electrons. The summed E-state index contributed by atoms with van der Waals surface area (Å²) in [5, 5.41) is 17.3. The molecular weight excluding hydrogens is 1920 g/mol. The standard InChI is InChI=1S/C41H66O6Si2.C36H57IO4Si2.C36H58O5Si2.CH4.B.Li.H/c1-30(31(2)46-49(40(9,10)11,32-22-18-16-19-23-32)33-24-20-17-21-25-33)26-27-35(47-48(14,15)39(6,7)8)36-34(44-41(12,13)45-36)28-29-43-37(42)38(3,4)5;2*1-27(23-24-32(41-42(11,12)34(3,4)5)33-31(25-26-37)38-36(9,10)39-33)28(2)40-43(35(6,7)8,29-19-15-13-16-20-29)30-21-17-14-18-22-30;;;;/h16-27,30-31,34-36H,28-29H2,1-15H3;13-24,27-28,31-33H,25-26H2,1-12H3;13-24,27-28,31-33,37H,25-26H2,1-12H3;1H4;;;/q;;;;;+1;-1/b27-26-;2*24-23-;;;;/t30-,31+,34+,35?,36+;2*27-,28+,31+,32?,33+;;;;/m111..../s1. The van der Waals surface area contributed by atoms with Gasteiger partial charge in [-0.15, -0.1) is 0 Å². The minimum Gasteiger partial charge on any atom is -1.00 e. The molecular formula is C114H186BILiO15Si6. The number of hydrogen-bond donors (Lipinski definition) is 1. The summed E-state index contributed by atoms with van der Waals surface area (Å²) in [6.45, 7) is 86.0. The van der Waals surface area contributed by atoms with E-state index < -0.39 is 72.7 Å². The van der Waals surface area contributed by atoms with Crippen LogP contribution in [0.15, 0.2) is 218 Å². The van der Waals surface area contributed by atoms with Gasteiger partial charge >= 0.3 is 24.8 Å². The van der Waals surface area contributed by atoms with E-state index in [4.69, 9.17) is 59.7 Å². The van der Waals surface area contributed by atoms with Crippen molar-refractivity contribution in [1.82, 2.24) is 0 Å². The number of benzene rings is 6. The molecule has 9 rings (SSSR count). The Morgan fingerprint density at radius 1 is 0.355 bits per heavy atom. The quantitative estimate of drug-likeness (QED) is 0.0129. The molecule has 0 aromatic heterocycles. The maximum absolute atomic E-state index is 12.5. The van der Waals surface area contributed by atoms with Crippen LogP contribution in [-0.2, 0) is 64.5 Å². The summed E-state index contributed by atoms with van der Waals surface area (Å²) >= 11 is 2.43. The Bertz CT molecular complexity index is 4360. The molecule has 0 amide bonds. The van der Waals surface area contributed by atoms with Crippen LogP contribution in [0, 0.1) is 23.2 Å². The van der Waals surface area contributed by atoms with Crippen LogP contribution in [0.2, 0.25) is 69.5 Å². The van der Waals surface area contributed by atoms with Gasteiger partial charge in [0.2, 0.25) is 0 Å². The van der Waals surface area contributed by atoms with Crippen molar-refractivity contribution in [3.8, 4) is 0 Å². The van der Waals surface area contributed by atoms with E-state index in [0.717, 1.165) is 10.8 Å². The van der Waals surface area contributed by atoms with Crippen molar-refractivity contribution in [2.75, 3.05) is 17.6 Å². The Balaban J connectivity index is 0.000000530. The maximum atomic E-state index is 12.5. The zero-order valence-electron chi connectivity index (χ0n) is 93.3. The average molecular weight is 2110 g/mol. The average Bonchev–Trinajstić information content (AvgIpc) is 1.55. The summed E-state index contributed by atoms with van der Waals surface area (Å²) in [5.74, 6) is -2.04. The molecule has 6 aromatic carbocycles. The fourth-order valence-electron chi connectivity index (χ4n) is 17.6. The molecule has 138 heavy (non-hydrogen) atoms. The number of hydrogen-bond acceptors (Lipinski definition) is 15. The van der Waals surface area contributed by atoms with Gasteiger partial charge in [0, 0.05) is 44.2 Å². The third kappa shape index (κ3) is 32.8. The second-order valence-corrected chi connectivity index (χ2v) is 76.4. The normalized spacial score (nSPS) is 21.2. The third-order valence-electron chi connectivity index (χ3n) is 28.8. The van der Waals surface area contributed by atoms with Gasteiger partial charge in [0.25, 0.3) is 25.0 Å². The first-order valence-corrected chi connectivity index (χ1v) is 65.9. The van der Waals surface area contributed by atoms with Gasteiger partial charge in [-0.2, -0.15) is 0 Å². The molecule has 15 nitrogen and oxygen atoms in total. The van der Waals surface area contributed by atoms with Gasteiger partial charge in [0.05, 0.1) is 48.6 Å². The minimum absolute atomic E-state index is 0. The first-order chi connectivity index (χ1) is 62.1. The predicted molar refractivity (Wildman–Crippen MR) is 601 cm³/mol. The number of esters is 1. The number of ether oxygens (including phenoxy) is 7. The SMILES string of the molecule is C.C[C@H](/C=C\C(O[Si](C)(C)C(C)(C)C)[C@H]1OC(C)(C)O[C@H]1CCI)[C@H](C)O[Si](c1ccccc1)(c1ccccc1)C(C)(C)C.C[C@H](/C=C\C(O[Si](C)(C)C(C)(C)C)[C@H]1OC(C)(C)O[C@H]1CCO)[C@H](C)O[Si](c1ccccc1)(c1ccccc1)C(C)(C)C.C[C@H](/C=C\C(O[Si](C)(C)C(C)(C)C)[C@H]1OC(C)(C)O[C@H]1CCOC(=O)C(C)(C)C)[C@H](C)O[Si](c1ccccc1)(c1ccccc1)C(C)(C)C.[B].[H-].[Li+]. The van der Waals surface area contributed by atoms with E-state index in [9.17, 15) is 9.90 Å². The van der Waals surface area contributed by atoms with Crippen molar-refractivity contribution < 1.29 is 89.9 Å². The maximum Gasteiger partial charge on any atom is 1.00 e. The number of carbonyl (C=O) groups excluding carboxylic acids is 1. The molecule has 3 aliphatic rings. The van der Waals surface area contributed by atoms with Gasteiger partial charge in [-0.25, -0.2) is 0 Å². The summed E-state index contributed by atoms with van der Waals surface area (Å²) in [7, 11) is -14.6. The molecule has 3 aliphatic heterocycles. The number of aliphatic hydroxyl groups is 1. The van der Waals surface area contributed by atoms with Crippen molar-refractivity contribution in [1.29, 1.82) is 0 Å². The number of halogens is 1. The van der Waals surface area contributed by atoms with Crippen LogP contribution < -0.4 is 50.0 Å². The second-order valence-electron chi connectivity index (χ2n) is 48.3. The summed E-state index contributed by atoms with van der Waals surface area (Å²) in [6.07, 6.45) is 13.0. The van der Waals surface area contributed by atoms with Gasteiger partial charge in [-0.05, 0) is 214 Å². The molecule has 0 aliphatic carbocycles. The van der Waals surface area contributed by atoms with Gasteiger partial charge in [0.15, 0.2) is 42.3 Å². The number of carbonyl (C=O) groups is 1. The van der Waals surface area contributed by atoms with Crippen molar-refractivity contribution in [3.05, 3.63) is 218 Å². The fourth-order valence-corrected chi connectivity index (χ4v) is 36.3. The molecule has 0 spiro atoms. The number of alkyl halides is 1. The Kier molecular flexibility index (Phi) is 46.9. The van der Waals surface area contributed by atoms with Crippen LogP contribution in [-0.4, -0.2) is 178 Å². The van der Waals surface area contributed by atoms with Crippen LogP contribution in [0.25, 0.3) is 0 Å². The molecule has 0 bridgehead atoms. The molecule has 6 aromatic rings. The molecule has 1 N–H and O–H groups in total. The number of aliphatic hydroxyl groups excluding tert-OH is 1. The molecule has 3 fully saturated rings. The van der Waals surface area contributed by atoms with Crippen molar-refractivity contribution in [2.24, 2.45) is 23.2 Å². The van der Waals surface area contributed by atoms with Crippen LogP contribution in [0.5, 0.6) is 0 Å². The van der Waals surface area contributed by atoms with Crippen molar-refractivity contribution in [2.45, 2.75) is 415 Å². The summed E-state index contributed by atoms with van der Waals surface area (Å²) in [6, 6.07) is 65.0. The van der Waals surface area contributed by atoms with E-state index in [1.807, 2.05) is 62.3 Å². The number of rotatable bonds is 37. The zero-order valence-corrected chi connectivity index (χ0v) is 100. The largest absolute Gasteiger partial charge is 1.00 e. The molecule has 15 atom stereocenters. The fraction of sp³-hybridized carbons (Fsp3) is 0.623. The van der Waals surface area contributed by atoms with Gasteiger partial charge < -0.3 is 66.2 Å². The van der Waals surface area contributed by atoms with Crippen LogP contribution in [0.4, 0.5) is 0 Å². The smallest absolute Gasteiger partial charge is 1.00 e. The minimum atomic E-state index is -2.73. The molecule has 3 saturated heterocycles. The van der Waals surface area contributed by atoms with Gasteiger partial charge in [-0.1, -0.05) is 394 Å². The third-order valence-corrected chi connectivity index (χ3v) is 58.2. The van der Waals surface area contributed by atoms with Gasteiger partial charge in [-0.3, -0.25) is 4.79 Å². The van der Waals surface area contributed by atoms with E-state index >= 15 is 0 Å². The Labute approximate surface area is 875 Å². The monoisotopic (exact) mass is 2110 g/mol. The van der Waals surface area contributed by atoms with E-state index in [1.54, 1.807) is 0 Å². The molecule has 3 heterocycles. The topological polar surface area (TPSA) is 157 Å². The Morgan fingerprint density at radius 2 is 0.565 bits per heavy atom. The molecule has 24 heteroatoms. The van der Waals surface area contributed by atoms with E-state index in [-0.39, 0.29) is 177 Å². The van der Waals surface area contributed by atoms with E-state index in [0.29, 0.717) is 12.8 Å². The van der Waals surface area contributed by atoms with Crippen LogP contribution in [0.3, 0.4) is 0 Å². The van der Waals surface area contributed by atoms with Crippen LogP contribution >= 0.6 is 22.6 Å². The second kappa shape index (κ2) is 51.2. The zero-order chi connectivity index (χ0) is 102. The summed E-state index contributed by atoms with van der Waals surface area (Å²) in [5.41, 5.74) is -0.564. The van der Waals surface area contributed by atoms with E-state index in [1.165, 1.54) is 31.1 Å². The van der Waals surface area contributed by atoms with Crippen LogP contribution in [0.1, 0.15) is 257 Å². The molecule has 767 valence electrons. The Hall–Kier alpha value is -3.82. The summed E-state index contributed by atoms with van der Waals surface area (Å²) < 4.78 is 88.9. The van der Waals surface area contributed by atoms with Crippen molar-refractivity contribution in [3.63, 3.8) is 0 Å². The summed E-state index contributed by atoms with van der Waals surface area (Å²) in [4.78, 5) is 12.5. The first kappa shape index (κ1) is 126. The first-order valence-electron chi connectivity index (χ1n) is 50.0.